The van der Waals surface area contributed by atoms with Gasteiger partial charge >= 0.3 is 0 Å². The summed E-state index contributed by atoms with van der Waals surface area (Å²) in [5.74, 6) is -0.484. The fourth-order valence-electron chi connectivity index (χ4n) is 2.44. The van der Waals surface area contributed by atoms with E-state index >= 15 is 0 Å². The normalized spacial score (nSPS) is 11.5. The molecule has 3 aromatic rings. The predicted octanol–water partition coefficient (Wildman–Crippen LogP) is 3.65. The lowest BCUT2D eigenvalue weighted by Crippen LogP contribution is -2.30. The summed E-state index contributed by atoms with van der Waals surface area (Å²) in [6.45, 7) is 2.25. The molecule has 0 saturated heterocycles. The van der Waals surface area contributed by atoms with Crippen molar-refractivity contribution < 1.29 is 13.2 Å². The number of hydrogen-bond acceptors (Lipinski definition) is 6. The Labute approximate surface area is 172 Å². The molecule has 0 aliphatic carbocycles. The molecule has 1 N–H and O–H groups in total. The lowest BCUT2D eigenvalue weighted by Gasteiger charge is -2.18. The Hall–Kier alpha value is -2.33. The van der Waals surface area contributed by atoms with Crippen LogP contribution in [0.15, 0.2) is 58.9 Å². The highest BCUT2D eigenvalue weighted by atomic mass is 35.5. The molecule has 1 amide bonds. The first-order valence-electron chi connectivity index (χ1n) is 8.35. The summed E-state index contributed by atoms with van der Waals surface area (Å²) in [5, 5.41) is 10.5. The fourth-order valence-corrected chi connectivity index (χ4v) is 5.13. The third-order valence-electron chi connectivity index (χ3n) is 3.86. The molecule has 7 nitrogen and oxygen atoms in total. The van der Waals surface area contributed by atoms with E-state index in [-0.39, 0.29) is 33.1 Å². The SMILES string of the molecule is CCN(Cc1ccccc1)S(=O)(=O)c1nnc(NC(=O)c2ccccc2Cl)s1. The molecule has 28 heavy (non-hydrogen) atoms. The number of nitrogens with one attached hydrogen (secondary N) is 1. The van der Waals surface area contributed by atoms with Crippen LogP contribution in [-0.2, 0) is 16.6 Å². The van der Waals surface area contributed by atoms with Crippen molar-refractivity contribution in [3.05, 3.63) is 70.7 Å². The zero-order valence-electron chi connectivity index (χ0n) is 14.9. The van der Waals surface area contributed by atoms with E-state index in [1.54, 1.807) is 31.2 Å². The van der Waals surface area contributed by atoms with Crippen LogP contribution in [0.1, 0.15) is 22.8 Å². The number of carbonyl (C=O) groups is 1. The highest BCUT2D eigenvalue weighted by Gasteiger charge is 2.28. The molecule has 146 valence electrons. The second-order valence-electron chi connectivity index (χ2n) is 5.72. The summed E-state index contributed by atoms with van der Waals surface area (Å²) in [5.41, 5.74) is 1.13. The summed E-state index contributed by atoms with van der Waals surface area (Å²) in [4.78, 5) is 12.3. The molecular weight excluding hydrogens is 420 g/mol. The number of aromatic nitrogens is 2. The van der Waals surface area contributed by atoms with Crippen molar-refractivity contribution in [1.82, 2.24) is 14.5 Å². The lowest BCUT2D eigenvalue weighted by molar-refractivity contribution is 0.102. The van der Waals surface area contributed by atoms with Crippen molar-refractivity contribution in [3.8, 4) is 0 Å². The van der Waals surface area contributed by atoms with Gasteiger partial charge in [0.1, 0.15) is 0 Å². The quantitative estimate of drug-likeness (QED) is 0.570. The number of anilines is 1. The lowest BCUT2D eigenvalue weighted by atomic mass is 10.2. The smallest absolute Gasteiger partial charge is 0.272 e. The molecule has 0 atom stereocenters. The van der Waals surface area contributed by atoms with E-state index in [1.807, 2.05) is 30.3 Å². The van der Waals surface area contributed by atoms with Gasteiger partial charge in [-0.1, -0.05) is 72.3 Å². The highest BCUT2D eigenvalue weighted by molar-refractivity contribution is 7.91. The Kier molecular flexibility index (Phi) is 6.40. The summed E-state index contributed by atoms with van der Waals surface area (Å²) in [6, 6.07) is 15.8. The van der Waals surface area contributed by atoms with E-state index in [4.69, 9.17) is 11.6 Å². The van der Waals surface area contributed by atoms with Crippen molar-refractivity contribution in [1.29, 1.82) is 0 Å². The topological polar surface area (TPSA) is 92.3 Å². The summed E-state index contributed by atoms with van der Waals surface area (Å²) in [6.07, 6.45) is 0. The molecule has 10 heteroatoms. The summed E-state index contributed by atoms with van der Waals surface area (Å²) >= 11 is 6.80. The number of halogens is 1. The molecule has 0 bridgehead atoms. The van der Waals surface area contributed by atoms with Gasteiger partial charge in [-0.3, -0.25) is 10.1 Å². The van der Waals surface area contributed by atoms with Crippen molar-refractivity contribution >= 4 is 44.0 Å². The average molecular weight is 437 g/mol. The van der Waals surface area contributed by atoms with Crippen molar-refractivity contribution in [2.45, 2.75) is 17.8 Å². The molecule has 0 aliphatic rings. The molecule has 1 heterocycles. The van der Waals surface area contributed by atoms with Crippen LogP contribution in [0.5, 0.6) is 0 Å². The van der Waals surface area contributed by atoms with Crippen LogP contribution >= 0.6 is 22.9 Å². The van der Waals surface area contributed by atoms with Gasteiger partial charge in [-0.25, -0.2) is 8.42 Å². The molecule has 0 saturated carbocycles. The Balaban J connectivity index is 1.77. The summed E-state index contributed by atoms with van der Waals surface area (Å²) < 4.78 is 26.9. The Bertz CT molecular complexity index is 1070. The van der Waals surface area contributed by atoms with Crippen LogP contribution < -0.4 is 5.32 Å². The fraction of sp³-hybridized carbons (Fsp3) is 0.167. The maximum atomic E-state index is 12.9. The largest absolute Gasteiger partial charge is 0.296 e. The second kappa shape index (κ2) is 8.78. The number of amides is 1. The molecule has 0 aliphatic heterocycles. The number of benzene rings is 2. The minimum atomic E-state index is -3.84. The van der Waals surface area contributed by atoms with Crippen LogP contribution in [0.4, 0.5) is 5.13 Å². The van der Waals surface area contributed by atoms with Crippen LogP contribution in [0, 0.1) is 0 Å². The van der Waals surface area contributed by atoms with E-state index in [9.17, 15) is 13.2 Å². The van der Waals surface area contributed by atoms with Crippen LogP contribution in [0.25, 0.3) is 0 Å². The zero-order chi connectivity index (χ0) is 20.1. The van der Waals surface area contributed by atoms with Crippen molar-refractivity contribution in [3.63, 3.8) is 0 Å². The first-order valence-corrected chi connectivity index (χ1v) is 11.0. The van der Waals surface area contributed by atoms with Gasteiger partial charge in [0.25, 0.3) is 15.9 Å². The van der Waals surface area contributed by atoms with Gasteiger partial charge in [0, 0.05) is 13.1 Å². The molecule has 0 radical (unpaired) electrons. The van der Waals surface area contributed by atoms with Gasteiger partial charge in [-0.05, 0) is 17.7 Å². The predicted molar refractivity (Wildman–Crippen MR) is 109 cm³/mol. The number of sulfonamides is 1. The maximum Gasteiger partial charge on any atom is 0.272 e. The third kappa shape index (κ3) is 4.56. The monoisotopic (exact) mass is 436 g/mol. The molecule has 3 rings (SSSR count). The van der Waals surface area contributed by atoms with Crippen LogP contribution in [0.2, 0.25) is 5.02 Å². The zero-order valence-corrected chi connectivity index (χ0v) is 17.3. The minimum absolute atomic E-state index is 0.0826. The second-order valence-corrected chi connectivity index (χ2v) is 9.22. The number of rotatable bonds is 7. The van der Waals surface area contributed by atoms with Gasteiger partial charge in [0.15, 0.2) is 0 Å². The molecule has 2 aromatic carbocycles. The summed E-state index contributed by atoms with van der Waals surface area (Å²) in [7, 11) is -3.84. The van der Waals surface area contributed by atoms with Gasteiger partial charge in [0.05, 0.1) is 10.6 Å². The molecule has 0 unspecified atom stereocenters. The molecular formula is C18H17ClN4O3S2. The first kappa shape index (κ1) is 20.4. The number of nitrogens with zero attached hydrogens (tertiary/aromatic N) is 3. The van der Waals surface area contributed by atoms with Crippen LogP contribution in [-0.4, -0.2) is 35.4 Å². The van der Waals surface area contributed by atoms with Crippen molar-refractivity contribution in [2.24, 2.45) is 0 Å². The number of hydrogen-bond donors (Lipinski definition) is 1. The molecule has 0 fully saturated rings. The first-order chi connectivity index (χ1) is 13.4. The van der Waals surface area contributed by atoms with Crippen molar-refractivity contribution in [2.75, 3.05) is 11.9 Å². The maximum absolute atomic E-state index is 12.9. The highest BCUT2D eigenvalue weighted by Crippen LogP contribution is 2.25. The molecule has 0 spiro atoms. The Morgan fingerprint density at radius 1 is 1.11 bits per heavy atom. The Morgan fingerprint density at radius 2 is 1.79 bits per heavy atom. The molecule has 1 aromatic heterocycles. The third-order valence-corrected chi connectivity index (χ3v) is 7.30. The van der Waals surface area contributed by atoms with Gasteiger partial charge in [-0.2, -0.15) is 4.31 Å². The van der Waals surface area contributed by atoms with E-state index in [1.165, 1.54) is 4.31 Å². The van der Waals surface area contributed by atoms with Crippen LogP contribution in [0.3, 0.4) is 0 Å². The average Bonchev–Trinajstić information content (AvgIpc) is 3.16. The van der Waals surface area contributed by atoms with E-state index in [0.29, 0.717) is 0 Å². The van der Waals surface area contributed by atoms with E-state index in [2.05, 4.69) is 15.5 Å². The Morgan fingerprint density at radius 3 is 2.46 bits per heavy atom. The number of carbonyl (C=O) groups excluding carboxylic acids is 1. The van der Waals surface area contributed by atoms with Gasteiger partial charge in [0.2, 0.25) is 9.47 Å². The van der Waals surface area contributed by atoms with Gasteiger partial charge in [-0.15, -0.1) is 10.2 Å². The standard InChI is InChI=1S/C18H17ClN4O3S2/c1-2-23(12-13-8-4-3-5-9-13)28(25,26)18-22-21-17(27-18)20-16(24)14-10-6-7-11-15(14)19/h3-11H,2,12H2,1H3,(H,20,21,24). The van der Waals surface area contributed by atoms with E-state index < -0.39 is 15.9 Å². The van der Waals surface area contributed by atoms with E-state index in [0.717, 1.165) is 16.9 Å². The minimum Gasteiger partial charge on any atom is -0.296 e. The van der Waals surface area contributed by atoms with Gasteiger partial charge < -0.3 is 0 Å².